The highest BCUT2D eigenvalue weighted by Gasteiger charge is 2.33. The van der Waals surface area contributed by atoms with E-state index in [9.17, 15) is 9.59 Å². The monoisotopic (exact) mass is 596 g/mol. The molecule has 1 heterocycles. The lowest BCUT2D eigenvalue weighted by Crippen LogP contribution is -2.27. The zero-order valence-corrected chi connectivity index (χ0v) is 25.8. The van der Waals surface area contributed by atoms with Crippen LogP contribution in [0.2, 0.25) is 5.02 Å². The normalized spacial score (nSPS) is 14.9. The number of thiophene rings is 1. The van der Waals surface area contributed by atoms with Crippen LogP contribution < -0.4 is 14.8 Å². The lowest BCUT2D eigenvalue weighted by atomic mass is 9.72. The highest BCUT2D eigenvalue weighted by molar-refractivity contribution is 7.16. The molecule has 218 valence electrons. The lowest BCUT2D eigenvalue weighted by Gasteiger charge is -2.33. The zero-order chi connectivity index (χ0) is 29.6. The SMILES string of the molecule is CCOC(=O)COc1ccc(C=Nc2sc3c(c2C(=O)Nc2ccc(Cl)cc2)CC[C@@H](C(C)(C)C)C3)cc1OCC. The van der Waals surface area contributed by atoms with Crippen LogP contribution in [-0.2, 0) is 22.4 Å². The van der Waals surface area contributed by atoms with E-state index in [-0.39, 0.29) is 17.9 Å². The largest absolute Gasteiger partial charge is 0.490 e. The fourth-order valence-corrected chi connectivity index (χ4v) is 6.22. The summed E-state index contributed by atoms with van der Waals surface area (Å²) in [6.07, 6.45) is 4.53. The number of rotatable bonds is 10. The van der Waals surface area contributed by atoms with Crippen molar-refractivity contribution >= 4 is 51.7 Å². The van der Waals surface area contributed by atoms with Crippen LogP contribution in [0.1, 0.15) is 67.4 Å². The molecule has 1 atom stereocenters. The van der Waals surface area contributed by atoms with Crippen molar-refractivity contribution in [2.24, 2.45) is 16.3 Å². The molecule has 1 N–H and O–H groups in total. The Hall–Kier alpha value is -3.36. The molecular formula is C32H37ClN2O5S. The summed E-state index contributed by atoms with van der Waals surface area (Å²) in [7, 11) is 0. The minimum Gasteiger partial charge on any atom is -0.490 e. The molecule has 3 aromatic rings. The molecule has 4 rings (SSSR count). The molecule has 7 nitrogen and oxygen atoms in total. The molecule has 1 amide bonds. The van der Waals surface area contributed by atoms with E-state index in [0.717, 1.165) is 30.4 Å². The minimum absolute atomic E-state index is 0.177. The van der Waals surface area contributed by atoms with Crippen molar-refractivity contribution in [3.8, 4) is 11.5 Å². The first-order chi connectivity index (χ1) is 19.6. The van der Waals surface area contributed by atoms with Crippen molar-refractivity contribution < 1.29 is 23.8 Å². The first-order valence-corrected chi connectivity index (χ1v) is 15.1. The van der Waals surface area contributed by atoms with Crippen LogP contribution in [0.5, 0.6) is 11.5 Å². The Bertz CT molecular complexity index is 1410. The third kappa shape index (κ3) is 7.89. The second-order valence-corrected chi connectivity index (χ2v) is 12.5. The molecule has 0 aliphatic heterocycles. The molecule has 0 fully saturated rings. The lowest BCUT2D eigenvalue weighted by molar-refractivity contribution is -0.145. The molecule has 0 spiro atoms. The molecule has 1 aliphatic rings. The fourth-order valence-electron chi connectivity index (χ4n) is 4.83. The van der Waals surface area contributed by atoms with Crippen molar-refractivity contribution in [1.29, 1.82) is 0 Å². The van der Waals surface area contributed by atoms with Gasteiger partial charge in [0.1, 0.15) is 5.00 Å². The molecule has 1 aromatic heterocycles. The quantitative estimate of drug-likeness (QED) is 0.190. The fraction of sp³-hybridized carbons (Fsp3) is 0.406. The maximum atomic E-state index is 13.6. The summed E-state index contributed by atoms with van der Waals surface area (Å²) in [5, 5.41) is 4.31. The van der Waals surface area contributed by atoms with Crippen LogP contribution in [0.15, 0.2) is 47.5 Å². The summed E-state index contributed by atoms with van der Waals surface area (Å²) in [6, 6.07) is 12.5. The number of hydrogen-bond acceptors (Lipinski definition) is 7. The molecule has 2 aromatic carbocycles. The summed E-state index contributed by atoms with van der Waals surface area (Å²) in [5.74, 6) is 0.859. The number of fused-ring (bicyclic) bond motifs is 1. The number of nitrogens with one attached hydrogen (secondary N) is 1. The van der Waals surface area contributed by atoms with Crippen LogP contribution in [0, 0.1) is 11.3 Å². The number of ether oxygens (including phenoxy) is 3. The number of amides is 1. The van der Waals surface area contributed by atoms with Gasteiger partial charge in [0.05, 0.1) is 18.8 Å². The predicted molar refractivity (Wildman–Crippen MR) is 166 cm³/mol. The van der Waals surface area contributed by atoms with E-state index >= 15 is 0 Å². The first kappa shape index (κ1) is 30.6. The Morgan fingerprint density at radius 3 is 2.51 bits per heavy atom. The van der Waals surface area contributed by atoms with E-state index in [4.69, 9.17) is 30.8 Å². The number of halogens is 1. The third-order valence-electron chi connectivity index (χ3n) is 7.05. The Kier molecular flexibility index (Phi) is 10.1. The summed E-state index contributed by atoms with van der Waals surface area (Å²) in [4.78, 5) is 31.4. The number of nitrogens with zero attached hydrogens (tertiary/aromatic N) is 1. The molecule has 1 aliphatic carbocycles. The zero-order valence-electron chi connectivity index (χ0n) is 24.2. The van der Waals surface area contributed by atoms with Crippen LogP contribution in [0.3, 0.4) is 0 Å². The Labute approximate surface area is 250 Å². The maximum Gasteiger partial charge on any atom is 0.344 e. The molecule has 0 saturated heterocycles. The molecule has 9 heteroatoms. The molecule has 0 bridgehead atoms. The average Bonchev–Trinajstić information content (AvgIpc) is 3.30. The van der Waals surface area contributed by atoms with Gasteiger partial charge in [-0.1, -0.05) is 32.4 Å². The topological polar surface area (TPSA) is 86.2 Å². The van der Waals surface area contributed by atoms with Gasteiger partial charge in [-0.15, -0.1) is 11.3 Å². The standard InChI is InChI=1S/C32H37ClN2O5S/c1-6-38-26-16-20(8-15-25(26)40-19-28(36)39-7-2)18-34-31-29(30(37)35-23-12-10-22(33)11-13-23)24-14-9-21(32(3,4)5)17-27(24)41-31/h8,10-13,15-16,18,21H,6-7,9,14,17,19H2,1-5H3,(H,35,37)/t21-/m1/s1. The number of anilines is 1. The molecule has 0 saturated carbocycles. The second kappa shape index (κ2) is 13.5. The van der Waals surface area contributed by atoms with E-state index in [1.165, 1.54) is 4.88 Å². The summed E-state index contributed by atoms with van der Waals surface area (Å²) >= 11 is 7.62. The van der Waals surface area contributed by atoms with Crippen molar-refractivity contribution in [3.05, 3.63) is 69.1 Å². The van der Waals surface area contributed by atoms with Gasteiger partial charge >= 0.3 is 5.97 Å². The van der Waals surface area contributed by atoms with Gasteiger partial charge in [0.25, 0.3) is 5.91 Å². The van der Waals surface area contributed by atoms with Gasteiger partial charge in [-0.3, -0.25) is 4.79 Å². The van der Waals surface area contributed by atoms with E-state index in [1.54, 1.807) is 54.8 Å². The van der Waals surface area contributed by atoms with Crippen molar-refractivity contribution in [2.45, 2.75) is 53.9 Å². The number of esters is 1. The number of benzene rings is 2. The average molecular weight is 597 g/mol. The number of carbonyl (C=O) groups is 2. The van der Waals surface area contributed by atoms with Gasteiger partial charge in [-0.2, -0.15) is 0 Å². The molecular weight excluding hydrogens is 560 g/mol. The first-order valence-electron chi connectivity index (χ1n) is 13.9. The van der Waals surface area contributed by atoms with E-state index in [0.29, 0.717) is 51.9 Å². The third-order valence-corrected chi connectivity index (χ3v) is 8.46. The predicted octanol–water partition coefficient (Wildman–Crippen LogP) is 7.90. The van der Waals surface area contributed by atoms with Crippen molar-refractivity contribution in [2.75, 3.05) is 25.1 Å². The van der Waals surface area contributed by atoms with Crippen molar-refractivity contribution in [3.63, 3.8) is 0 Å². The Balaban J connectivity index is 1.64. The van der Waals surface area contributed by atoms with Gasteiger partial charge in [0.2, 0.25) is 0 Å². The Morgan fingerprint density at radius 1 is 1.07 bits per heavy atom. The van der Waals surface area contributed by atoms with Gasteiger partial charge in [0.15, 0.2) is 18.1 Å². The summed E-state index contributed by atoms with van der Waals surface area (Å²) < 4.78 is 16.3. The van der Waals surface area contributed by atoms with E-state index < -0.39 is 5.97 Å². The van der Waals surface area contributed by atoms with Gasteiger partial charge < -0.3 is 19.5 Å². The van der Waals surface area contributed by atoms with Gasteiger partial charge in [0, 0.05) is 21.8 Å². The smallest absolute Gasteiger partial charge is 0.344 e. The van der Waals surface area contributed by atoms with Crippen molar-refractivity contribution in [1.82, 2.24) is 0 Å². The van der Waals surface area contributed by atoms with E-state index in [2.05, 4.69) is 26.1 Å². The van der Waals surface area contributed by atoms with Crippen LogP contribution in [0.25, 0.3) is 0 Å². The van der Waals surface area contributed by atoms with E-state index in [1.807, 2.05) is 19.1 Å². The Morgan fingerprint density at radius 2 is 1.83 bits per heavy atom. The molecule has 0 unspecified atom stereocenters. The van der Waals surface area contributed by atoms with Gasteiger partial charge in [-0.25, -0.2) is 9.79 Å². The second-order valence-electron chi connectivity index (χ2n) is 10.9. The van der Waals surface area contributed by atoms with Crippen LogP contribution in [0.4, 0.5) is 10.7 Å². The summed E-state index contributed by atoms with van der Waals surface area (Å²) in [5.41, 5.74) is 3.36. The van der Waals surface area contributed by atoms with Crippen LogP contribution >= 0.6 is 22.9 Å². The molecule has 41 heavy (non-hydrogen) atoms. The molecule has 0 radical (unpaired) electrons. The highest BCUT2D eigenvalue weighted by atomic mass is 35.5. The van der Waals surface area contributed by atoms with Crippen LogP contribution in [-0.4, -0.2) is 37.9 Å². The minimum atomic E-state index is -0.444. The number of carbonyl (C=O) groups excluding carboxylic acids is 2. The number of aliphatic imine (C=N–C) groups is 1. The number of hydrogen-bond donors (Lipinski definition) is 1. The highest BCUT2D eigenvalue weighted by Crippen LogP contribution is 2.45. The summed E-state index contributed by atoms with van der Waals surface area (Å²) in [6.45, 7) is 11.0. The maximum absolute atomic E-state index is 13.6. The van der Waals surface area contributed by atoms with Gasteiger partial charge in [-0.05, 0) is 98.0 Å².